The molecule has 21 heavy (non-hydrogen) atoms. The minimum Gasteiger partial charge on any atom is -0.464 e. The Kier molecular flexibility index (Phi) is 3.72. The molecule has 3 atom stereocenters. The summed E-state index contributed by atoms with van der Waals surface area (Å²) in [6.07, 6.45) is 1.64. The number of fused-ring (bicyclic) bond motifs is 1. The van der Waals surface area contributed by atoms with E-state index in [1.807, 2.05) is 19.9 Å². The van der Waals surface area contributed by atoms with Gasteiger partial charge < -0.3 is 14.3 Å². The van der Waals surface area contributed by atoms with Crippen molar-refractivity contribution in [3.63, 3.8) is 0 Å². The number of carbonyl (C=O) groups is 1. The Morgan fingerprint density at radius 3 is 2.48 bits per heavy atom. The number of carbonyl (C=O) groups excluding carboxylic acids is 1. The Morgan fingerprint density at radius 1 is 1.43 bits per heavy atom. The SMILES string of the molecule is CC(C)(C)[Si](C)(C)O[C@@H]1C=C(CO)[C@]2(C)COC(=O)[C@]12C. The molecular formula is C16H28O4Si. The largest absolute Gasteiger partial charge is 0.464 e. The van der Waals surface area contributed by atoms with Gasteiger partial charge in [0.1, 0.15) is 12.0 Å². The van der Waals surface area contributed by atoms with Crippen LogP contribution in [0.15, 0.2) is 11.6 Å². The predicted molar refractivity (Wildman–Crippen MR) is 84.4 cm³/mol. The highest BCUT2D eigenvalue weighted by atomic mass is 28.4. The average molecular weight is 312 g/mol. The van der Waals surface area contributed by atoms with E-state index in [2.05, 4.69) is 33.9 Å². The monoisotopic (exact) mass is 312 g/mol. The Morgan fingerprint density at radius 2 is 2.00 bits per heavy atom. The lowest BCUT2D eigenvalue weighted by atomic mass is 9.66. The van der Waals surface area contributed by atoms with Crippen LogP contribution in [0.4, 0.5) is 0 Å². The van der Waals surface area contributed by atoms with Gasteiger partial charge in [-0.1, -0.05) is 33.8 Å². The molecule has 1 aliphatic heterocycles. The number of aliphatic hydroxyl groups is 1. The number of ether oxygens (including phenoxy) is 1. The van der Waals surface area contributed by atoms with Gasteiger partial charge in [-0.3, -0.25) is 4.79 Å². The molecular weight excluding hydrogens is 284 g/mol. The van der Waals surface area contributed by atoms with Crippen molar-refractivity contribution in [1.82, 2.24) is 0 Å². The van der Waals surface area contributed by atoms with E-state index in [0.717, 1.165) is 5.57 Å². The van der Waals surface area contributed by atoms with Crippen LogP contribution in [0.3, 0.4) is 0 Å². The molecule has 1 N–H and O–H groups in total. The second-order valence-corrected chi connectivity index (χ2v) is 13.0. The third-order valence-electron chi connectivity index (χ3n) is 6.09. The zero-order valence-corrected chi connectivity index (χ0v) is 15.2. The van der Waals surface area contributed by atoms with Gasteiger partial charge >= 0.3 is 5.97 Å². The van der Waals surface area contributed by atoms with Crippen molar-refractivity contribution in [2.45, 2.75) is 58.9 Å². The minimum atomic E-state index is -2.02. The van der Waals surface area contributed by atoms with Crippen LogP contribution >= 0.6 is 0 Å². The Balaban J connectivity index is 2.41. The summed E-state index contributed by atoms with van der Waals surface area (Å²) in [6, 6.07) is 0. The third kappa shape index (κ3) is 2.12. The summed E-state index contributed by atoms with van der Waals surface area (Å²) in [7, 11) is -2.02. The van der Waals surface area contributed by atoms with Crippen LogP contribution < -0.4 is 0 Å². The van der Waals surface area contributed by atoms with Crippen molar-refractivity contribution in [2.24, 2.45) is 10.8 Å². The maximum atomic E-state index is 12.4. The fraction of sp³-hybridized carbons (Fsp3) is 0.812. The molecule has 0 radical (unpaired) electrons. The molecule has 0 aromatic carbocycles. The first kappa shape index (κ1) is 16.7. The summed E-state index contributed by atoms with van der Waals surface area (Å²) in [6.45, 7) is 15.1. The molecule has 1 fully saturated rings. The first-order valence-corrected chi connectivity index (χ1v) is 10.5. The summed E-state index contributed by atoms with van der Waals surface area (Å²) >= 11 is 0. The van der Waals surface area contributed by atoms with Crippen molar-refractivity contribution in [3.05, 3.63) is 11.6 Å². The van der Waals surface area contributed by atoms with Gasteiger partial charge in [-0.05, 0) is 30.6 Å². The number of rotatable bonds is 3. The second kappa shape index (κ2) is 4.67. The van der Waals surface area contributed by atoms with Crippen LogP contribution in [0.5, 0.6) is 0 Å². The van der Waals surface area contributed by atoms with Gasteiger partial charge in [0.15, 0.2) is 8.32 Å². The van der Waals surface area contributed by atoms with Gasteiger partial charge in [0.25, 0.3) is 0 Å². The van der Waals surface area contributed by atoms with E-state index in [1.165, 1.54) is 0 Å². The van der Waals surface area contributed by atoms with Crippen molar-refractivity contribution >= 4 is 14.3 Å². The molecule has 1 aliphatic carbocycles. The van der Waals surface area contributed by atoms with Crippen molar-refractivity contribution in [3.8, 4) is 0 Å². The van der Waals surface area contributed by atoms with Crippen LogP contribution in [-0.2, 0) is 14.0 Å². The van der Waals surface area contributed by atoms with E-state index in [4.69, 9.17) is 9.16 Å². The summed E-state index contributed by atoms with van der Waals surface area (Å²) in [5.74, 6) is -0.214. The van der Waals surface area contributed by atoms with Crippen molar-refractivity contribution in [2.75, 3.05) is 13.2 Å². The zero-order valence-electron chi connectivity index (χ0n) is 14.2. The Hall–Kier alpha value is -0.653. The van der Waals surface area contributed by atoms with Gasteiger partial charge in [-0.25, -0.2) is 0 Å². The molecule has 0 bridgehead atoms. The van der Waals surface area contributed by atoms with E-state index >= 15 is 0 Å². The molecule has 0 spiro atoms. The van der Waals surface area contributed by atoms with Crippen LogP contribution in [0.2, 0.25) is 18.1 Å². The molecule has 5 heteroatoms. The standard InChI is InChI=1S/C16H28O4Si/c1-14(2,3)21(6,7)20-12-8-11(9-17)15(4)10-19-13(18)16(12,15)5/h8,12,17H,9-10H2,1-7H3/t12-,15+,16+/m1/s1. The van der Waals surface area contributed by atoms with Crippen LogP contribution in [0.1, 0.15) is 34.6 Å². The molecule has 4 nitrogen and oxygen atoms in total. The highest BCUT2D eigenvalue weighted by Crippen LogP contribution is 2.59. The summed E-state index contributed by atoms with van der Waals surface area (Å²) in [5, 5.41) is 9.74. The van der Waals surface area contributed by atoms with Gasteiger partial charge in [-0.2, -0.15) is 0 Å². The van der Waals surface area contributed by atoms with Crippen molar-refractivity contribution < 1.29 is 19.1 Å². The van der Waals surface area contributed by atoms with Gasteiger partial charge in [0.05, 0.1) is 12.7 Å². The first-order valence-electron chi connectivity index (χ1n) is 7.57. The molecule has 0 aromatic heterocycles. The molecule has 0 unspecified atom stereocenters. The van der Waals surface area contributed by atoms with Gasteiger partial charge in [0, 0.05) is 5.41 Å². The molecule has 0 aromatic rings. The number of esters is 1. The van der Waals surface area contributed by atoms with Crippen molar-refractivity contribution in [1.29, 1.82) is 0 Å². The molecule has 2 aliphatic rings. The topological polar surface area (TPSA) is 55.8 Å². The normalized spacial score (nSPS) is 36.5. The fourth-order valence-electron chi connectivity index (χ4n) is 3.00. The van der Waals surface area contributed by atoms with Crippen LogP contribution in [0, 0.1) is 10.8 Å². The molecule has 2 rings (SSSR count). The zero-order chi connectivity index (χ0) is 16.3. The van der Waals surface area contributed by atoms with Crippen LogP contribution in [0.25, 0.3) is 0 Å². The minimum absolute atomic E-state index is 0.0555. The summed E-state index contributed by atoms with van der Waals surface area (Å²) in [4.78, 5) is 12.4. The molecule has 1 saturated heterocycles. The highest BCUT2D eigenvalue weighted by Gasteiger charge is 2.66. The second-order valence-electron chi connectivity index (χ2n) is 8.26. The predicted octanol–water partition coefficient (Wildman–Crippen LogP) is 2.88. The third-order valence-corrected chi connectivity index (χ3v) is 10.5. The number of cyclic esters (lactones) is 1. The quantitative estimate of drug-likeness (QED) is 0.494. The highest BCUT2D eigenvalue weighted by molar-refractivity contribution is 6.74. The summed E-state index contributed by atoms with van der Waals surface area (Å²) < 4.78 is 11.8. The van der Waals surface area contributed by atoms with E-state index < -0.39 is 19.1 Å². The van der Waals surface area contributed by atoms with E-state index in [1.54, 1.807) is 0 Å². The van der Waals surface area contributed by atoms with E-state index in [-0.39, 0.29) is 23.7 Å². The fourth-order valence-corrected chi connectivity index (χ4v) is 4.29. The maximum absolute atomic E-state index is 12.4. The Labute approximate surface area is 128 Å². The molecule has 0 saturated carbocycles. The lowest BCUT2D eigenvalue weighted by molar-refractivity contribution is -0.149. The number of aliphatic hydroxyl groups excluding tert-OH is 1. The summed E-state index contributed by atoms with van der Waals surface area (Å²) in [5.41, 5.74) is -0.341. The maximum Gasteiger partial charge on any atom is 0.315 e. The van der Waals surface area contributed by atoms with Gasteiger partial charge in [-0.15, -0.1) is 0 Å². The number of hydrogen-bond acceptors (Lipinski definition) is 4. The smallest absolute Gasteiger partial charge is 0.315 e. The van der Waals surface area contributed by atoms with Gasteiger partial charge in [0.2, 0.25) is 0 Å². The Bertz CT molecular complexity index is 491. The van der Waals surface area contributed by atoms with E-state index in [9.17, 15) is 9.90 Å². The number of hydrogen-bond donors (Lipinski definition) is 1. The first-order chi connectivity index (χ1) is 9.40. The lowest BCUT2D eigenvalue weighted by Crippen LogP contribution is -2.51. The molecule has 1 heterocycles. The van der Waals surface area contributed by atoms with E-state index in [0.29, 0.717) is 6.61 Å². The average Bonchev–Trinajstić information content (AvgIpc) is 2.70. The lowest BCUT2D eigenvalue weighted by Gasteiger charge is -2.43. The van der Waals surface area contributed by atoms with Crippen LogP contribution in [-0.4, -0.2) is 38.7 Å². The molecule has 0 amide bonds. The molecule has 120 valence electrons.